The molecule has 1 aromatic rings. The normalized spacial score (nSPS) is 16.1. The third-order valence-corrected chi connectivity index (χ3v) is 6.67. The van der Waals surface area contributed by atoms with Crippen molar-refractivity contribution in [1.82, 2.24) is 19.8 Å². The second-order valence-corrected chi connectivity index (χ2v) is 9.02. The molecule has 1 aliphatic heterocycles. The van der Waals surface area contributed by atoms with E-state index in [1.54, 1.807) is 13.0 Å². The van der Waals surface area contributed by atoms with E-state index < -0.39 is 10.0 Å². The molecule has 2 N–H and O–H groups in total. The van der Waals surface area contributed by atoms with Gasteiger partial charge in [0, 0.05) is 51.9 Å². The fraction of sp³-hybridized carbons (Fsp3) is 0.650. The van der Waals surface area contributed by atoms with Crippen molar-refractivity contribution in [2.24, 2.45) is 0 Å². The van der Waals surface area contributed by atoms with Gasteiger partial charge in [0.2, 0.25) is 10.0 Å². The van der Waals surface area contributed by atoms with Crippen LogP contribution in [0.5, 0.6) is 0 Å². The second-order valence-electron chi connectivity index (χ2n) is 7.25. The summed E-state index contributed by atoms with van der Waals surface area (Å²) in [5, 5.41) is 2.92. The number of nitrogens with one attached hydrogen (secondary N) is 2. The van der Waals surface area contributed by atoms with Crippen LogP contribution in [0.25, 0.3) is 0 Å². The van der Waals surface area contributed by atoms with Gasteiger partial charge < -0.3 is 19.9 Å². The van der Waals surface area contributed by atoms with E-state index in [9.17, 15) is 13.2 Å². The van der Waals surface area contributed by atoms with Crippen molar-refractivity contribution >= 4 is 15.9 Å². The molecule has 0 spiro atoms. The lowest BCUT2D eigenvalue weighted by Crippen LogP contribution is -2.46. The molecule has 0 aliphatic carbocycles. The highest BCUT2D eigenvalue weighted by Crippen LogP contribution is 2.15. The van der Waals surface area contributed by atoms with Crippen LogP contribution in [0.4, 0.5) is 0 Å². The Kier molecular flexibility index (Phi) is 9.51. The van der Waals surface area contributed by atoms with Crippen molar-refractivity contribution in [3.63, 3.8) is 0 Å². The Morgan fingerprint density at radius 2 is 1.83 bits per heavy atom. The number of rotatable bonds is 11. The Morgan fingerprint density at radius 1 is 1.14 bits per heavy atom. The lowest BCUT2D eigenvalue weighted by Gasteiger charge is -2.33. The number of carbonyl (C=O) groups excluding carboxylic acids is 1. The van der Waals surface area contributed by atoms with E-state index >= 15 is 0 Å². The number of hydrogen-bond donors (Lipinski definition) is 2. The maximum Gasteiger partial charge on any atom is 0.251 e. The van der Waals surface area contributed by atoms with Gasteiger partial charge in [0.25, 0.3) is 5.91 Å². The van der Waals surface area contributed by atoms with Crippen LogP contribution in [0.1, 0.15) is 29.3 Å². The topological polar surface area (TPSA) is 91.0 Å². The number of amides is 1. The van der Waals surface area contributed by atoms with Crippen LogP contribution >= 0.6 is 0 Å². The summed E-state index contributed by atoms with van der Waals surface area (Å²) < 4.78 is 32.1. The van der Waals surface area contributed by atoms with Crippen LogP contribution in [-0.4, -0.2) is 90.2 Å². The van der Waals surface area contributed by atoms with Crippen LogP contribution in [-0.2, 0) is 14.8 Å². The average molecular weight is 427 g/mol. The number of ether oxygens (including phenoxy) is 1. The lowest BCUT2D eigenvalue weighted by molar-refractivity contribution is 0.0947. The first-order chi connectivity index (χ1) is 13.9. The molecule has 1 aliphatic rings. The summed E-state index contributed by atoms with van der Waals surface area (Å²) in [5.41, 5.74) is 1.13. The van der Waals surface area contributed by atoms with E-state index in [0.717, 1.165) is 51.3 Å². The molecule has 1 aromatic carbocycles. The molecule has 0 aromatic heterocycles. The molecule has 8 nitrogen and oxygen atoms in total. The Morgan fingerprint density at radius 3 is 2.48 bits per heavy atom. The molecule has 1 amide bonds. The molecular weight excluding hydrogens is 392 g/mol. The predicted molar refractivity (Wildman–Crippen MR) is 114 cm³/mol. The molecule has 0 unspecified atom stereocenters. The lowest BCUT2D eigenvalue weighted by atomic mass is 10.1. The maximum absolute atomic E-state index is 12.6. The first kappa shape index (κ1) is 23.8. The fourth-order valence-corrected chi connectivity index (χ4v) is 4.34. The van der Waals surface area contributed by atoms with Gasteiger partial charge in [0.1, 0.15) is 0 Å². The fourth-order valence-electron chi connectivity index (χ4n) is 3.30. The van der Waals surface area contributed by atoms with E-state index in [1.165, 1.54) is 19.2 Å². The SMILES string of the molecule is CCN1CCN(CCCNC(=O)c2cc(S(=O)(=O)NCCOC)ccc2C)CC1. The summed E-state index contributed by atoms with van der Waals surface area (Å²) >= 11 is 0. The Hall–Kier alpha value is -1.52. The van der Waals surface area contributed by atoms with E-state index in [-0.39, 0.29) is 24.0 Å². The smallest absolute Gasteiger partial charge is 0.251 e. The van der Waals surface area contributed by atoms with Crippen molar-refractivity contribution in [3.8, 4) is 0 Å². The highest BCUT2D eigenvalue weighted by Gasteiger charge is 2.18. The van der Waals surface area contributed by atoms with Crippen molar-refractivity contribution in [1.29, 1.82) is 0 Å². The molecule has 164 valence electrons. The number of hydrogen-bond acceptors (Lipinski definition) is 6. The summed E-state index contributed by atoms with van der Waals surface area (Å²) in [6.45, 7) is 11.4. The van der Waals surface area contributed by atoms with Gasteiger partial charge in [0.15, 0.2) is 0 Å². The van der Waals surface area contributed by atoms with Crippen molar-refractivity contribution in [2.75, 3.05) is 66.1 Å². The third kappa shape index (κ3) is 7.35. The maximum atomic E-state index is 12.6. The standard InChI is InChI=1S/C20H34N4O4S/c1-4-23-11-13-24(14-12-23)10-5-8-21-20(25)19-16-18(7-6-17(19)2)29(26,27)22-9-15-28-3/h6-7,16,22H,4-5,8-15H2,1-3H3,(H,21,25). The van der Waals surface area contributed by atoms with Crippen molar-refractivity contribution in [2.45, 2.75) is 25.2 Å². The highest BCUT2D eigenvalue weighted by atomic mass is 32.2. The quantitative estimate of drug-likeness (QED) is 0.506. The minimum Gasteiger partial charge on any atom is -0.383 e. The molecule has 0 saturated carbocycles. The van der Waals surface area contributed by atoms with Crippen LogP contribution < -0.4 is 10.0 Å². The van der Waals surface area contributed by atoms with Gasteiger partial charge >= 0.3 is 0 Å². The molecule has 0 atom stereocenters. The first-order valence-corrected chi connectivity index (χ1v) is 11.7. The second kappa shape index (κ2) is 11.6. The van der Waals surface area contributed by atoms with Crippen molar-refractivity contribution in [3.05, 3.63) is 29.3 Å². The predicted octanol–water partition coefficient (Wildman–Crippen LogP) is 0.677. The number of nitrogens with zero attached hydrogens (tertiary/aromatic N) is 2. The monoisotopic (exact) mass is 426 g/mol. The minimum atomic E-state index is -3.67. The zero-order valence-corrected chi connectivity index (χ0v) is 18.6. The number of piperazine rings is 1. The van der Waals surface area contributed by atoms with Crippen LogP contribution in [0.2, 0.25) is 0 Å². The van der Waals surface area contributed by atoms with Gasteiger partial charge in [-0.05, 0) is 44.1 Å². The van der Waals surface area contributed by atoms with E-state index in [1.807, 2.05) is 0 Å². The summed E-state index contributed by atoms with van der Waals surface area (Å²) in [6.07, 6.45) is 0.869. The molecular formula is C20H34N4O4S. The highest BCUT2D eigenvalue weighted by molar-refractivity contribution is 7.89. The van der Waals surface area contributed by atoms with Gasteiger partial charge in [-0.15, -0.1) is 0 Å². The number of sulfonamides is 1. The summed E-state index contributed by atoms with van der Waals surface area (Å²) in [6, 6.07) is 4.61. The Balaban J connectivity index is 1.85. The first-order valence-electron chi connectivity index (χ1n) is 10.2. The number of likely N-dealkylation sites (N-methyl/N-ethyl adjacent to an activating group) is 1. The molecule has 1 saturated heterocycles. The number of benzene rings is 1. The Bertz CT molecular complexity index is 762. The summed E-state index contributed by atoms with van der Waals surface area (Å²) in [7, 11) is -2.16. The van der Waals surface area contributed by atoms with Gasteiger partial charge in [-0.2, -0.15) is 0 Å². The summed E-state index contributed by atoms with van der Waals surface area (Å²) in [4.78, 5) is 17.5. The van der Waals surface area contributed by atoms with E-state index in [0.29, 0.717) is 12.1 Å². The molecule has 1 heterocycles. The molecule has 2 rings (SSSR count). The van der Waals surface area contributed by atoms with Gasteiger partial charge in [0.05, 0.1) is 11.5 Å². The molecule has 1 fully saturated rings. The van der Waals surface area contributed by atoms with Gasteiger partial charge in [-0.3, -0.25) is 4.79 Å². The van der Waals surface area contributed by atoms with Crippen LogP contribution in [0, 0.1) is 6.92 Å². The number of aryl methyl sites for hydroxylation is 1. The molecule has 0 bridgehead atoms. The van der Waals surface area contributed by atoms with Gasteiger partial charge in [-0.1, -0.05) is 13.0 Å². The van der Waals surface area contributed by atoms with E-state index in [2.05, 4.69) is 26.8 Å². The van der Waals surface area contributed by atoms with Crippen molar-refractivity contribution < 1.29 is 17.9 Å². The van der Waals surface area contributed by atoms with Gasteiger partial charge in [-0.25, -0.2) is 13.1 Å². The van der Waals surface area contributed by atoms with E-state index in [4.69, 9.17) is 4.74 Å². The molecule has 0 radical (unpaired) electrons. The zero-order chi connectivity index (χ0) is 21.3. The summed E-state index contributed by atoms with van der Waals surface area (Å²) in [5.74, 6) is -0.243. The van der Waals surface area contributed by atoms with Crippen LogP contribution in [0.15, 0.2) is 23.1 Å². The molecule has 29 heavy (non-hydrogen) atoms. The van der Waals surface area contributed by atoms with Crippen LogP contribution in [0.3, 0.4) is 0 Å². The molecule has 9 heteroatoms. The third-order valence-electron chi connectivity index (χ3n) is 5.21. The number of carbonyl (C=O) groups is 1. The largest absolute Gasteiger partial charge is 0.383 e. The average Bonchev–Trinajstić information content (AvgIpc) is 2.71. The minimum absolute atomic E-state index is 0.0816. The zero-order valence-electron chi connectivity index (χ0n) is 17.7. The Labute approximate surface area is 174 Å². The number of methoxy groups -OCH3 is 1.